The summed E-state index contributed by atoms with van der Waals surface area (Å²) in [7, 11) is 2.47. The molecule has 1 aromatic rings. The van der Waals surface area contributed by atoms with Gasteiger partial charge in [-0.25, -0.2) is 9.59 Å². The minimum Gasteiger partial charge on any atom is -0.466 e. The maximum absolute atomic E-state index is 13.2. The Balaban J connectivity index is 1.42. The molecule has 30 heavy (non-hydrogen) atoms. The van der Waals surface area contributed by atoms with Crippen molar-refractivity contribution in [2.45, 2.75) is 38.5 Å². The van der Waals surface area contributed by atoms with Gasteiger partial charge in [-0.15, -0.1) is 0 Å². The molecule has 160 valence electrons. The molecule has 7 heteroatoms. The third kappa shape index (κ3) is 4.06. The first-order chi connectivity index (χ1) is 14.4. The van der Waals surface area contributed by atoms with Gasteiger partial charge in [0.15, 0.2) is 0 Å². The third-order valence-electron chi connectivity index (χ3n) is 6.81. The summed E-state index contributed by atoms with van der Waals surface area (Å²) in [4.78, 5) is 36.5. The Hall–Kier alpha value is -2.83. The van der Waals surface area contributed by atoms with E-state index < -0.39 is 11.9 Å². The third-order valence-corrected chi connectivity index (χ3v) is 6.81. The van der Waals surface area contributed by atoms with Crippen molar-refractivity contribution in [1.82, 2.24) is 0 Å². The molecule has 0 aromatic heterocycles. The molecule has 5 rings (SSSR count). The number of anilines is 2. The maximum Gasteiger partial charge on any atom is 0.354 e. The number of rotatable bonds is 6. The average molecular weight is 412 g/mol. The van der Waals surface area contributed by atoms with Crippen molar-refractivity contribution in [3.8, 4) is 0 Å². The van der Waals surface area contributed by atoms with Gasteiger partial charge in [0.25, 0.3) is 0 Å². The molecule has 4 aliphatic carbocycles. The molecule has 1 amide bonds. The summed E-state index contributed by atoms with van der Waals surface area (Å²) in [6.07, 6.45) is 7.99. The molecule has 2 N–H and O–H groups in total. The number of carbonyl (C=O) groups is 3. The smallest absolute Gasteiger partial charge is 0.354 e. The Kier molecular flexibility index (Phi) is 5.54. The van der Waals surface area contributed by atoms with Gasteiger partial charge in [0.2, 0.25) is 5.91 Å². The van der Waals surface area contributed by atoms with Crippen LogP contribution in [-0.4, -0.2) is 32.1 Å². The second kappa shape index (κ2) is 8.13. The van der Waals surface area contributed by atoms with Crippen LogP contribution in [0.1, 0.15) is 38.5 Å². The van der Waals surface area contributed by atoms with Gasteiger partial charge in [0.05, 0.1) is 25.7 Å². The highest BCUT2D eigenvalue weighted by Crippen LogP contribution is 2.60. The number of hydrogen-bond acceptors (Lipinski definition) is 6. The number of amides is 1. The van der Waals surface area contributed by atoms with Gasteiger partial charge in [-0.2, -0.15) is 0 Å². The number of esters is 2. The lowest BCUT2D eigenvalue weighted by atomic mass is 9.49. The van der Waals surface area contributed by atoms with Crippen molar-refractivity contribution in [2.24, 2.45) is 23.2 Å². The van der Waals surface area contributed by atoms with E-state index >= 15 is 0 Å². The van der Waals surface area contributed by atoms with Crippen LogP contribution < -0.4 is 10.6 Å². The molecule has 0 atom stereocenters. The summed E-state index contributed by atoms with van der Waals surface area (Å²) in [5, 5.41) is 5.96. The second-order valence-corrected chi connectivity index (χ2v) is 8.93. The highest BCUT2D eigenvalue weighted by molar-refractivity contribution is 5.99. The van der Waals surface area contributed by atoms with Gasteiger partial charge >= 0.3 is 11.9 Å². The molecule has 4 bridgehead atoms. The van der Waals surface area contributed by atoms with Crippen LogP contribution in [0.5, 0.6) is 0 Å². The Morgan fingerprint density at radius 2 is 1.37 bits per heavy atom. The van der Waals surface area contributed by atoms with Crippen LogP contribution in [0.15, 0.2) is 36.0 Å². The first-order valence-electron chi connectivity index (χ1n) is 10.5. The van der Waals surface area contributed by atoms with E-state index in [1.807, 2.05) is 0 Å². The van der Waals surface area contributed by atoms with E-state index in [9.17, 15) is 14.4 Å². The lowest BCUT2D eigenvalue weighted by Crippen LogP contribution is -2.51. The summed E-state index contributed by atoms with van der Waals surface area (Å²) < 4.78 is 9.25. The van der Waals surface area contributed by atoms with E-state index in [1.165, 1.54) is 33.5 Å². The summed E-state index contributed by atoms with van der Waals surface area (Å²) in [6.45, 7) is 0. The fourth-order valence-corrected chi connectivity index (χ4v) is 5.88. The van der Waals surface area contributed by atoms with Gasteiger partial charge in [0.1, 0.15) is 5.70 Å². The lowest BCUT2D eigenvalue weighted by molar-refractivity contribution is -0.140. The van der Waals surface area contributed by atoms with Crippen LogP contribution in [-0.2, 0) is 23.9 Å². The molecule has 0 spiro atoms. The van der Waals surface area contributed by atoms with Crippen LogP contribution in [0.4, 0.5) is 11.4 Å². The topological polar surface area (TPSA) is 93.7 Å². The molecule has 0 saturated heterocycles. The van der Waals surface area contributed by atoms with Gasteiger partial charge in [-0.3, -0.25) is 4.79 Å². The zero-order chi connectivity index (χ0) is 21.3. The zero-order valence-corrected chi connectivity index (χ0v) is 17.4. The number of nitrogens with one attached hydrogen (secondary N) is 2. The Morgan fingerprint density at radius 1 is 0.867 bits per heavy atom. The highest BCUT2D eigenvalue weighted by atomic mass is 16.5. The molecule has 0 heterocycles. The number of carbonyl (C=O) groups excluding carboxylic acids is 3. The number of methoxy groups -OCH3 is 2. The van der Waals surface area contributed by atoms with Crippen LogP contribution in [0.25, 0.3) is 0 Å². The molecule has 4 saturated carbocycles. The maximum atomic E-state index is 13.2. The molecule has 1 aromatic carbocycles. The number of ether oxygens (including phenoxy) is 2. The first-order valence-corrected chi connectivity index (χ1v) is 10.5. The lowest BCUT2D eigenvalue weighted by Gasteiger charge is -2.55. The Bertz CT molecular complexity index is 839. The minimum atomic E-state index is -0.681. The summed E-state index contributed by atoms with van der Waals surface area (Å²) in [6, 6.07) is 7.05. The molecule has 0 radical (unpaired) electrons. The number of hydrogen-bond donors (Lipinski definition) is 2. The minimum absolute atomic E-state index is 0.0327. The van der Waals surface area contributed by atoms with Gasteiger partial charge in [-0.1, -0.05) is 0 Å². The standard InChI is InChI=1S/C23H28N2O5/c1-29-20(26)10-19(21(27)30-2)24-17-3-5-18(6-4-17)25-22(28)23-11-14-7-15(12-23)9-16(8-14)13-23/h3-6,10,14-16,24H,7-9,11-13H2,1-2H3,(H,25,28)/b19-10+. The summed E-state index contributed by atoms with van der Waals surface area (Å²) in [5.74, 6) is 0.941. The quantitative estimate of drug-likeness (QED) is 0.549. The van der Waals surface area contributed by atoms with E-state index in [0.717, 1.165) is 31.0 Å². The van der Waals surface area contributed by atoms with E-state index in [4.69, 9.17) is 0 Å². The molecular formula is C23H28N2O5. The van der Waals surface area contributed by atoms with Crippen molar-refractivity contribution >= 4 is 29.2 Å². The van der Waals surface area contributed by atoms with Crippen molar-refractivity contribution < 1.29 is 23.9 Å². The first kappa shape index (κ1) is 20.4. The van der Waals surface area contributed by atoms with Crippen molar-refractivity contribution in [3.05, 3.63) is 36.0 Å². The fourth-order valence-electron chi connectivity index (χ4n) is 5.88. The molecular weight excluding hydrogens is 384 g/mol. The van der Waals surface area contributed by atoms with Crippen LogP contribution in [0.3, 0.4) is 0 Å². The average Bonchev–Trinajstić information content (AvgIpc) is 2.72. The largest absolute Gasteiger partial charge is 0.466 e. The van der Waals surface area contributed by atoms with Crippen molar-refractivity contribution in [1.29, 1.82) is 0 Å². The van der Waals surface area contributed by atoms with Crippen molar-refractivity contribution in [3.63, 3.8) is 0 Å². The van der Waals surface area contributed by atoms with Crippen molar-refractivity contribution in [2.75, 3.05) is 24.9 Å². The Labute approximate surface area is 176 Å². The van der Waals surface area contributed by atoms with E-state index in [-0.39, 0.29) is 17.0 Å². The molecule has 7 nitrogen and oxygen atoms in total. The molecule has 0 aliphatic heterocycles. The predicted molar refractivity (Wildman–Crippen MR) is 111 cm³/mol. The van der Waals surface area contributed by atoms with Crippen LogP contribution in [0.2, 0.25) is 0 Å². The van der Waals surface area contributed by atoms with Gasteiger partial charge in [-0.05, 0) is 80.5 Å². The second-order valence-electron chi connectivity index (χ2n) is 8.93. The molecule has 4 aliphatic rings. The highest BCUT2D eigenvalue weighted by Gasteiger charge is 2.54. The summed E-state index contributed by atoms with van der Waals surface area (Å²) >= 11 is 0. The summed E-state index contributed by atoms with van der Waals surface area (Å²) in [5.41, 5.74) is 1.07. The zero-order valence-electron chi connectivity index (χ0n) is 17.4. The van der Waals surface area contributed by atoms with E-state index in [2.05, 4.69) is 20.1 Å². The van der Waals surface area contributed by atoms with Gasteiger partial charge in [0, 0.05) is 11.4 Å². The normalized spacial score (nSPS) is 29.3. The Morgan fingerprint density at radius 3 is 1.83 bits per heavy atom. The van der Waals surface area contributed by atoms with Crippen LogP contribution in [0, 0.1) is 23.2 Å². The monoisotopic (exact) mass is 412 g/mol. The SMILES string of the molecule is COC(=O)/C=C(/Nc1ccc(NC(=O)C23CC4CC(CC(C4)C2)C3)cc1)C(=O)OC. The number of benzene rings is 1. The predicted octanol–water partition coefficient (Wildman–Crippen LogP) is 3.48. The van der Waals surface area contributed by atoms with Crippen LogP contribution >= 0.6 is 0 Å². The van der Waals surface area contributed by atoms with E-state index in [0.29, 0.717) is 23.4 Å². The molecule has 4 fully saturated rings. The van der Waals surface area contributed by atoms with E-state index in [1.54, 1.807) is 24.3 Å². The fraction of sp³-hybridized carbons (Fsp3) is 0.522. The van der Waals surface area contributed by atoms with Gasteiger partial charge < -0.3 is 20.1 Å². The molecule has 0 unspecified atom stereocenters.